The zero-order chi connectivity index (χ0) is 10.8. The number of ether oxygens (including phenoxy) is 1. The Bertz CT molecular complexity index is 244. The van der Waals surface area contributed by atoms with Crippen molar-refractivity contribution in [1.82, 2.24) is 0 Å². The Balaban J connectivity index is 0.000000241. The molecule has 0 atom stereocenters. The van der Waals surface area contributed by atoms with E-state index in [0.29, 0.717) is 12.2 Å². The van der Waals surface area contributed by atoms with Crippen molar-refractivity contribution in [2.75, 3.05) is 7.11 Å². The number of carbonyl (C=O) groups excluding carboxylic acids is 1. The van der Waals surface area contributed by atoms with Crippen LogP contribution in [0.1, 0.15) is 19.8 Å². The molecule has 0 bridgehead atoms. The van der Waals surface area contributed by atoms with Gasteiger partial charge in [0.2, 0.25) is 0 Å². The number of aromatic hydroxyl groups is 1. The van der Waals surface area contributed by atoms with Gasteiger partial charge in [-0.3, -0.25) is 4.79 Å². The van der Waals surface area contributed by atoms with Gasteiger partial charge in [0.1, 0.15) is 5.75 Å². The monoisotopic (exact) mass is 196 g/mol. The Morgan fingerprint density at radius 1 is 1.36 bits per heavy atom. The third kappa shape index (κ3) is 7.16. The third-order valence-corrected chi connectivity index (χ3v) is 1.44. The first kappa shape index (κ1) is 12.5. The van der Waals surface area contributed by atoms with Crippen LogP contribution in [0.5, 0.6) is 5.75 Å². The summed E-state index contributed by atoms with van der Waals surface area (Å²) in [6, 6.07) is 8.71. The van der Waals surface area contributed by atoms with Crippen molar-refractivity contribution in [2.45, 2.75) is 19.8 Å². The van der Waals surface area contributed by atoms with Crippen molar-refractivity contribution in [3.63, 3.8) is 0 Å². The lowest BCUT2D eigenvalue weighted by Crippen LogP contribution is -1.97. The predicted molar refractivity (Wildman–Crippen MR) is 55.0 cm³/mol. The number of hydrogen-bond donors (Lipinski definition) is 1. The van der Waals surface area contributed by atoms with E-state index in [1.54, 1.807) is 24.3 Å². The lowest BCUT2D eigenvalue weighted by Gasteiger charge is -1.91. The van der Waals surface area contributed by atoms with Gasteiger partial charge in [0.05, 0.1) is 7.11 Å². The van der Waals surface area contributed by atoms with Gasteiger partial charge in [-0.2, -0.15) is 0 Å². The molecule has 78 valence electrons. The van der Waals surface area contributed by atoms with Gasteiger partial charge in [0, 0.05) is 6.42 Å². The summed E-state index contributed by atoms with van der Waals surface area (Å²) >= 11 is 0. The van der Waals surface area contributed by atoms with Gasteiger partial charge in [-0.1, -0.05) is 25.1 Å². The number of rotatable bonds is 2. The lowest BCUT2D eigenvalue weighted by atomic mass is 10.3. The SMILES string of the molecule is CCCC(=O)OC.Oc1ccccc1. The molecule has 3 nitrogen and oxygen atoms in total. The predicted octanol–water partition coefficient (Wildman–Crippen LogP) is 2.35. The summed E-state index contributed by atoms with van der Waals surface area (Å²) in [6.45, 7) is 1.94. The number of methoxy groups -OCH3 is 1. The standard InChI is InChI=1S/C6H6O.C5H10O2/c7-6-4-2-1-3-5-6;1-3-4-5(6)7-2/h1-5,7H;3-4H2,1-2H3. The molecule has 0 aliphatic heterocycles. The first-order valence-electron chi connectivity index (χ1n) is 4.51. The highest BCUT2D eigenvalue weighted by atomic mass is 16.5. The van der Waals surface area contributed by atoms with E-state index in [1.165, 1.54) is 7.11 Å². The number of para-hydroxylation sites is 1. The second-order valence-electron chi connectivity index (χ2n) is 2.66. The van der Waals surface area contributed by atoms with E-state index in [1.807, 2.05) is 13.0 Å². The second kappa shape index (κ2) is 8.10. The van der Waals surface area contributed by atoms with Crippen molar-refractivity contribution in [1.29, 1.82) is 0 Å². The molecule has 0 fully saturated rings. The Morgan fingerprint density at radius 3 is 2.14 bits per heavy atom. The quantitative estimate of drug-likeness (QED) is 0.738. The molecule has 14 heavy (non-hydrogen) atoms. The van der Waals surface area contributed by atoms with Crippen LogP contribution in [0, 0.1) is 0 Å². The lowest BCUT2D eigenvalue weighted by molar-refractivity contribution is -0.140. The number of phenolic OH excluding ortho intramolecular Hbond substituents is 1. The first-order chi connectivity index (χ1) is 6.70. The average molecular weight is 196 g/mol. The van der Waals surface area contributed by atoms with Crippen LogP contribution in [0.4, 0.5) is 0 Å². The van der Waals surface area contributed by atoms with Gasteiger partial charge in [0.15, 0.2) is 0 Å². The fourth-order valence-corrected chi connectivity index (χ4v) is 0.734. The van der Waals surface area contributed by atoms with E-state index in [9.17, 15) is 4.79 Å². The van der Waals surface area contributed by atoms with Crippen molar-refractivity contribution in [3.05, 3.63) is 30.3 Å². The van der Waals surface area contributed by atoms with E-state index in [-0.39, 0.29) is 5.97 Å². The molecule has 1 aromatic carbocycles. The van der Waals surface area contributed by atoms with Crippen molar-refractivity contribution in [3.8, 4) is 5.75 Å². The van der Waals surface area contributed by atoms with Gasteiger partial charge in [-0.15, -0.1) is 0 Å². The molecular formula is C11H16O3. The van der Waals surface area contributed by atoms with Crippen LogP contribution in [-0.4, -0.2) is 18.2 Å². The molecule has 0 saturated heterocycles. The van der Waals surface area contributed by atoms with E-state index in [0.717, 1.165) is 6.42 Å². The molecule has 0 aliphatic carbocycles. The van der Waals surface area contributed by atoms with E-state index in [4.69, 9.17) is 5.11 Å². The minimum Gasteiger partial charge on any atom is -0.508 e. The van der Waals surface area contributed by atoms with Crippen LogP contribution in [0.15, 0.2) is 30.3 Å². The topological polar surface area (TPSA) is 46.5 Å². The van der Waals surface area contributed by atoms with Crippen LogP contribution in [-0.2, 0) is 9.53 Å². The zero-order valence-corrected chi connectivity index (χ0v) is 8.56. The molecule has 0 saturated carbocycles. The molecule has 1 N–H and O–H groups in total. The fourth-order valence-electron chi connectivity index (χ4n) is 0.734. The Kier molecular flexibility index (Phi) is 7.23. The largest absolute Gasteiger partial charge is 0.508 e. The van der Waals surface area contributed by atoms with E-state index in [2.05, 4.69) is 4.74 Å². The van der Waals surface area contributed by atoms with E-state index < -0.39 is 0 Å². The molecular weight excluding hydrogens is 180 g/mol. The molecule has 3 heteroatoms. The van der Waals surface area contributed by atoms with Gasteiger partial charge in [-0.25, -0.2) is 0 Å². The van der Waals surface area contributed by atoms with E-state index >= 15 is 0 Å². The maximum atomic E-state index is 10.2. The number of esters is 1. The van der Waals surface area contributed by atoms with Crippen molar-refractivity contribution in [2.24, 2.45) is 0 Å². The number of carbonyl (C=O) groups is 1. The average Bonchev–Trinajstić information content (AvgIpc) is 2.20. The summed E-state index contributed by atoms with van der Waals surface area (Å²) in [4.78, 5) is 10.2. The highest BCUT2D eigenvalue weighted by Crippen LogP contribution is 2.02. The minimum absolute atomic E-state index is 0.123. The molecule has 0 unspecified atom stereocenters. The summed E-state index contributed by atoms with van der Waals surface area (Å²) in [5.41, 5.74) is 0. The summed E-state index contributed by atoms with van der Waals surface area (Å²) in [5, 5.41) is 8.63. The van der Waals surface area contributed by atoms with Crippen LogP contribution in [0.3, 0.4) is 0 Å². The Morgan fingerprint density at radius 2 is 1.93 bits per heavy atom. The molecule has 0 aromatic heterocycles. The molecule has 0 heterocycles. The van der Waals surface area contributed by atoms with Crippen LogP contribution < -0.4 is 0 Å². The number of phenols is 1. The first-order valence-corrected chi connectivity index (χ1v) is 4.51. The normalized spacial score (nSPS) is 8.43. The highest BCUT2D eigenvalue weighted by Gasteiger charge is 1.92. The van der Waals surface area contributed by atoms with Crippen LogP contribution in [0.2, 0.25) is 0 Å². The molecule has 0 spiro atoms. The Labute approximate surface area is 84.3 Å². The maximum Gasteiger partial charge on any atom is 0.305 e. The maximum absolute atomic E-state index is 10.2. The summed E-state index contributed by atoms with van der Waals surface area (Å²) in [6.07, 6.45) is 1.41. The molecule has 1 rings (SSSR count). The van der Waals surface area contributed by atoms with Crippen molar-refractivity contribution < 1.29 is 14.6 Å². The fraction of sp³-hybridized carbons (Fsp3) is 0.364. The minimum atomic E-state index is -0.123. The number of hydrogen-bond acceptors (Lipinski definition) is 3. The van der Waals surface area contributed by atoms with Gasteiger partial charge in [-0.05, 0) is 18.6 Å². The summed E-state index contributed by atoms with van der Waals surface area (Å²) < 4.78 is 4.35. The van der Waals surface area contributed by atoms with Gasteiger partial charge in [0.25, 0.3) is 0 Å². The van der Waals surface area contributed by atoms with Gasteiger partial charge >= 0.3 is 5.97 Å². The smallest absolute Gasteiger partial charge is 0.305 e. The molecule has 1 aromatic rings. The Hall–Kier alpha value is -1.51. The summed E-state index contributed by atoms with van der Waals surface area (Å²) in [7, 11) is 1.40. The zero-order valence-electron chi connectivity index (χ0n) is 8.56. The molecule has 0 aliphatic rings. The highest BCUT2D eigenvalue weighted by molar-refractivity contribution is 5.68. The third-order valence-electron chi connectivity index (χ3n) is 1.44. The number of benzene rings is 1. The molecule has 0 amide bonds. The van der Waals surface area contributed by atoms with Crippen LogP contribution >= 0.6 is 0 Å². The van der Waals surface area contributed by atoms with Crippen LogP contribution in [0.25, 0.3) is 0 Å². The van der Waals surface area contributed by atoms with Crippen molar-refractivity contribution >= 4 is 5.97 Å². The molecule has 0 radical (unpaired) electrons. The van der Waals surface area contributed by atoms with Gasteiger partial charge < -0.3 is 9.84 Å². The second-order valence-corrected chi connectivity index (χ2v) is 2.66. The summed E-state index contributed by atoms with van der Waals surface area (Å²) in [5.74, 6) is 0.199.